The molecule has 2 N–H and O–H groups in total. The van der Waals surface area contributed by atoms with Crippen molar-refractivity contribution in [3.63, 3.8) is 0 Å². The molecule has 6 heteroatoms. The normalized spacial score (nSPS) is 11.0. The first kappa shape index (κ1) is 21.6. The largest absolute Gasteiger partial charge is 0.492 e. The van der Waals surface area contributed by atoms with Crippen LogP contribution in [0.15, 0.2) is 90.2 Å². The lowest BCUT2D eigenvalue weighted by Crippen LogP contribution is -2.31. The van der Waals surface area contributed by atoms with Crippen LogP contribution in [0.1, 0.15) is 16.7 Å². The van der Waals surface area contributed by atoms with Gasteiger partial charge in [-0.05, 0) is 48.5 Å². The third-order valence-electron chi connectivity index (χ3n) is 5.08. The molecular weight excluding hydrogens is 416 g/mol. The lowest BCUT2D eigenvalue weighted by molar-refractivity contribution is 0.300. The summed E-state index contributed by atoms with van der Waals surface area (Å²) >= 11 is 5.32. The molecule has 0 atom stereocenters. The van der Waals surface area contributed by atoms with Crippen molar-refractivity contribution >= 4 is 34.4 Å². The first-order valence-electron chi connectivity index (χ1n) is 10.6. The van der Waals surface area contributed by atoms with Gasteiger partial charge in [-0.3, -0.25) is 5.43 Å². The molecule has 0 spiro atoms. The van der Waals surface area contributed by atoms with Crippen LogP contribution in [0.3, 0.4) is 0 Å². The minimum atomic E-state index is 0.486. The average Bonchev–Trinajstić information content (AvgIpc) is 3.16. The summed E-state index contributed by atoms with van der Waals surface area (Å²) in [5.41, 5.74) is 7.42. The molecule has 1 aromatic heterocycles. The van der Waals surface area contributed by atoms with Crippen molar-refractivity contribution in [2.75, 3.05) is 6.61 Å². The van der Waals surface area contributed by atoms with E-state index < -0.39 is 0 Å². The SMILES string of the molecule is Cc1cccc(OCCn2cc(/C=N\NC(=S)NCc3ccccc3)c3ccccc32)c1. The van der Waals surface area contributed by atoms with Gasteiger partial charge in [-0.25, -0.2) is 0 Å². The molecule has 0 amide bonds. The van der Waals surface area contributed by atoms with E-state index in [1.54, 1.807) is 6.21 Å². The number of hydrazone groups is 1. The molecule has 0 aliphatic rings. The predicted molar refractivity (Wildman–Crippen MR) is 135 cm³/mol. The Balaban J connectivity index is 1.36. The standard InChI is InChI=1S/C26H26N4OS/c1-20-8-7-11-23(16-20)31-15-14-30-19-22(24-12-5-6-13-25(24)30)18-28-29-26(32)27-17-21-9-3-2-4-10-21/h2-13,16,18-19H,14-15,17H2,1H3,(H2,27,29,32)/b28-18-. The van der Waals surface area contributed by atoms with Crippen molar-refractivity contribution in [3.05, 3.63) is 102 Å². The van der Waals surface area contributed by atoms with E-state index in [-0.39, 0.29) is 0 Å². The Morgan fingerprint density at radius 2 is 1.84 bits per heavy atom. The fourth-order valence-electron chi connectivity index (χ4n) is 3.51. The van der Waals surface area contributed by atoms with Crippen LogP contribution in [0.4, 0.5) is 0 Å². The van der Waals surface area contributed by atoms with E-state index in [1.807, 2.05) is 48.5 Å². The summed E-state index contributed by atoms with van der Waals surface area (Å²) in [6.45, 7) is 4.05. The summed E-state index contributed by atoms with van der Waals surface area (Å²) in [5, 5.41) is 9.11. The summed E-state index contributed by atoms with van der Waals surface area (Å²) in [6, 6.07) is 26.5. The molecule has 4 rings (SSSR count). The zero-order chi connectivity index (χ0) is 22.2. The molecule has 0 bridgehead atoms. The van der Waals surface area contributed by atoms with Gasteiger partial charge in [0.2, 0.25) is 0 Å². The van der Waals surface area contributed by atoms with Gasteiger partial charge in [0.25, 0.3) is 0 Å². The summed E-state index contributed by atoms with van der Waals surface area (Å²) in [6.07, 6.45) is 3.90. The van der Waals surface area contributed by atoms with Crippen molar-refractivity contribution in [2.45, 2.75) is 20.0 Å². The number of ether oxygens (including phenoxy) is 1. The Hall–Kier alpha value is -3.64. The molecule has 0 aliphatic carbocycles. The molecule has 32 heavy (non-hydrogen) atoms. The average molecular weight is 443 g/mol. The number of nitrogens with one attached hydrogen (secondary N) is 2. The molecule has 0 radical (unpaired) electrons. The Kier molecular flexibility index (Phi) is 7.15. The highest BCUT2D eigenvalue weighted by molar-refractivity contribution is 7.80. The Morgan fingerprint density at radius 1 is 1.03 bits per heavy atom. The van der Waals surface area contributed by atoms with Crippen LogP contribution in [-0.2, 0) is 13.1 Å². The first-order chi connectivity index (χ1) is 15.7. The molecule has 0 unspecified atom stereocenters. The number of nitrogens with zero attached hydrogens (tertiary/aromatic N) is 2. The molecule has 4 aromatic rings. The lowest BCUT2D eigenvalue weighted by Gasteiger charge is -2.08. The minimum absolute atomic E-state index is 0.486. The van der Waals surface area contributed by atoms with E-state index >= 15 is 0 Å². The maximum Gasteiger partial charge on any atom is 0.187 e. The van der Waals surface area contributed by atoms with E-state index in [2.05, 4.69) is 63.9 Å². The highest BCUT2D eigenvalue weighted by Crippen LogP contribution is 2.20. The van der Waals surface area contributed by atoms with E-state index in [4.69, 9.17) is 17.0 Å². The zero-order valence-corrected chi connectivity index (χ0v) is 18.8. The third kappa shape index (κ3) is 5.74. The van der Waals surface area contributed by atoms with Crippen LogP contribution in [-0.4, -0.2) is 22.5 Å². The first-order valence-corrected chi connectivity index (χ1v) is 11.0. The van der Waals surface area contributed by atoms with Gasteiger partial charge in [0, 0.05) is 29.2 Å². The van der Waals surface area contributed by atoms with Crippen LogP contribution in [0, 0.1) is 6.92 Å². The molecular formula is C26H26N4OS. The number of rotatable bonds is 8. The lowest BCUT2D eigenvalue weighted by atomic mass is 10.2. The van der Waals surface area contributed by atoms with Crippen LogP contribution in [0.5, 0.6) is 5.75 Å². The summed E-state index contributed by atoms with van der Waals surface area (Å²) in [5.74, 6) is 0.893. The summed E-state index contributed by atoms with van der Waals surface area (Å²) in [4.78, 5) is 0. The third-order valence-corrected chi connectivity index (χ3v) is 5.31. The minimum Gasteiger partial charge on any atom is -0.492 e. The highest BCUT2D eigenvalue weighted by atomic mass is 32.1. The maximum atomic E-state index is 5.93. The number of thiocarbonyl (C=S) groups is 1. The molecule has 0 aliphatic heterocycles. The fraction of sp³-hybridized carbons (Fsp3) is 0.154. The highest BCUT2D eigenvalue weighted by Gasteiger charge is 2.07. The van der Waals surface area contributed by atoms with Gasteiger partial charge in [0.1, 0.15) is 12.4 Å². The van der Waals surface area contributed by atoms with Crippen molar-refractivity contribution in [3.8, 4) is 5.75 Å². The maximum absolute atomic E-state index is 5.93. The number of hydrogen-bond donors (Lipinski definition) is 2. The Labute approximate surface area is 193 Å². The number of hydrogen-bond acceptors (Lipinski definition) is 3. The molecule has 1 heterocycles. The molecule has 3 aromatic carbocycles. The van der Waals surface area contributed by atoms with Gasteiger partial charge in [-0.1, -0.05) is 60.7 Å². The second kappa shape index (κ2) is 10.6. The van der Waals surface area contributed by atoms with Gasteiger partial charge in [0.05, 0.1) is 12.8 Å². The molecule has 0 fully saturated rings. The van der Waals surface area contributed by atoms with Crippen LogP contribution < -0.4 is 15.5 Å². The fourth-order valence-corrected chi connectivity index (χ4v) is 3.63. The van der Waals surface area contributed by atoms with Crippen molar-refractivity contribution < 1.29 is 4.74 Å². The number of aromatic nitrogens is 1. The van der Waals surface area contributed by atoms with Gasteiger partial charge in [0.15, 0.2) is 5.11 Å². The number of fused-ring (bicyclic) bond motifs is 1. The van der Waals surface area contributed by atoms with E-state index in [1.165, 1.54) is 5.56 Å². The molecule has 0 saturated carbocycles. The monoisotopic (exact) mass is 442 g/mol. The van der Waals surface area contributed by atoms with Crippen molar-refractivity contribution in [1.82, 2.24) is 15.3 Å². The number of para-hydroxylation sites is 1. The second-order valence-electron chi connectivity index (χ2n) is 7.50. The Bertz CT molecular complexity index is 1220. The van der Waals surface area contributed by atoms with Crippen molar-refractivity contribution in [1.29, 1.82) is 0 Å². The van der Waals surface area contributed by atoms with Crippen LogP contribution in [0.2, 0.25) is 0 Å². The van der Waals surface area contributed by atoms with E-state index in [0.29, 0.717) is 18.3 Å². The zero-order valence-electron chi connectivity index (χ0n) is 18.0. The van der Waals surface area contributed by atoms with Gasteiger partial charge in [-0.2, -0.15) is 5.10 Å². The molecule has 162 valence electrons. The number of aryl methyl sites for hydroxylation is 1. The quantitative estimate of drug-likeness (QED) is 0.228. The van der Waals surface area contributed by atoms with Crippen molar-refractivity contribution in [2.24, 2.45) is 5.10 Å². The molecule has 0 saturated heterocycles. The second-order valence-corrected chi connectivity index (χ2v) is 7.91. The van der Waals surface area contributed by atoms with Gasteiger partial charge < -0.3 is 14.6 Å². The van der Waals surface area contributed by atoms with E-state index in [9.17, 15) is 0 Å². The van der Waals surface area contributed by atoms with Gasteiger partial charge >= 0.3 is 0 Å². The predicted octanol–water partition coefficient (Wildman–Crippen LogP) is 5.03. The van der Waals surface area contributed by atoms with Crippen LogP contribution in [0.25, 0.3) is 10.9 Å². The Morgan fingerprint density at radius 3 is 2.69 bits per heavy atom. The summed E-state index contributed by atoms with van der Waals surface area (Å²) < 4.78 is 8.13. The smallest absolute Gasteiger partial charge is 0.187 e. The van der Waals surface area contributed by atoms with E-state index in [0.717, 1.165) is 34.3 Å². The summed E-state index contributed by atoms with van der Waals surface area (Å²) in [7, 11) is 0. The van der Waals surface area contributed by atoms with Gasteiger partial charge in [-0.15, -0.1) is 0 Å². The topological polar surface area (TPSA) is 50.6 Å². The number of benzene rings is 3. The molecule has 5 nitrogen and oxygen atoms in total. The van der Waals surface area contributed by atoms with Crippen LogP contribution >= 0.6 is 12.2 Å².